The van der Waals surface area contributed by atoms with Gasteiger partial charge >= 0.3 is 5.97 Å². The van der Waals surface area contributed by atoms with Crippen LogP contribution in [0.25, 0.3) is 5.65 Å². The molecule has 8 heteroatoms. The molecule has 0 aromatic carbocycles. The third-order valence-electron chi connectivity index (χ3n) is 3.24. The molecule has 0 aliphatic rings. The second kappa shape index (κ2) is 5.45. The zero-order valence-corrected chi connectivity index (χ0v) is 13.4. The molecular weight excluding hydrogens is 298 g/mol. The van der Waals surface area contributed by atoms with Gasteiger partial charge in [-0.1, -0.05) is 25.9 Å². The van der Waals surface area contributed by atoms with Crippen molar-refractivity contribution in [1.29, 1.82) is 0 Å². The molecule has 0 radical (unpaired) electrons. The van der Waals surface area contributed by atoms with Crippen molar-refractivity contribution in [3.05, 3.63) is 41.4 Å². The number of aryl methyl sites for hydroxylation is 1. The number of rotatable bonds is 3. The third-order valence-corrected chi connectivity index (χ3v) is 3.24. The highest BCUT2D eigenvalue weighted by molar-refractivity contribution is 5.97. The van der Waals surface area contributed by atoms with E-state index in [-0.39, 0.29) is 17.9 Å². The van der Waals surface area contributed by atoms with Crippen LogP contribution in [0.3, 0.4) is 0 Å². The average Bonchev–Trinajstić information content (AvgIpc) is 3.07. The molecule has 0 saturated heterocycles. The van der Waals surface area contributed by atoms with Gasteiger partial charge in [-0.2, -0.15) is 10.1 Å². The van der Waals surface area contributed by atoms with E-state index in [0.29, 0.717) is 22.7 Å². The summed E-state index contributed by atoms with van der Waals surface area (Å²) >= 11 is 0. The zero-order valence-electron chi connectivity index (χ0n) is 13.4. The fraction of sp³-hybridized carbons (Fsp3) is 0.400. The molecule has 3 aromatic heterocycles. The molecule has 8 nitrogen and oxygen atoms in total. The van der Waals surface area contributed by atoms with Crippen molar-refractivity contribution < 1.29 is 14.1 Å². The number of fused-ring (bicyclic) bond motifs is 1. The molecule has 23 heavy (non-hydrogen) atoms. The molecule has 3 aromatic rings. The Balaban J connectivity index is 1.77. The molecule has 0 aliphatic carbocycles. The summed E-state index contributed by atoms with van der Waals surface area (Å²) < 4.78 is 11.9. The molecule has 0 atom stereocenters. The minimum Gasteiger partial charge on any atom is -0.452 e. The lowest BCUT2D eigenvalue weighted by Gasteiger charge is -2.10. The molecule has 0 fully saturated rings. The van der Waals surface area contributed by atoms with E-state index >= 15 is 0 Å². The predicted octanol–water partition coefficient (Wildman–Crippen LogP) is 2.08. The average molecular weight is 315 g/mol. The fourth-order valence-electron chi connectivity index (χ4n) is 2.05. The van der Waals surface area contributed by atoms with E-state index < -0.39 is 5.97 Å². The number of esters is 1. The first-order chi connectivity index (χ1) is 10.9. The first-order valence-electron chi connectivity index (χ1n) is 7.16. The van der Waals surface area contributed by atoms with Crippen molar-refractivity contribution in [2.24, 2.45) is 0 Å². The molecule has 0 bridgehead atoms. The number of carbonyl (C=O) groups excluding carboxylic acids is 1. The van der Waals surface area contributed by atoms with Gasteiger partial charge < -0.3 is 9.26 Å². The molecule has 0 spiro atoms. The Morgan fingerprint density at radius 1 is 1.39 bits per heavy atom. The van der Waals surface area contributed by atoms with Crippen molar-refractivity contribution in [3.8, 4) is 0 Å². The second-order valence-corrected chi connectivity index (χ2v) is 6.19. The number of nitrogens with zero attached hydrogens (tertiary/aromatic N) is 5. The lowest BCUT2D eigenvalue weighted by Crippen LogP contribution is -2.13. The van der Waals surface area contributed by atoms with Crippen molar-refractivity contribution in [2.45, 2.75) is 39.7 Å². The SMILES string of the molecule is Cc1nn2cccnc2c1C(=O)OCc1nc(C(C)(C)C)no1. The van der Waals surface area contributed by atoms with Gasteiger partial charge in [0.25, 0.3) is 5.89 Å². The predicted molar refractivity (Wildman–Crippen MR) is 79.8 cm³/mol. The minimum absolute atomic E-state index is 0.0917. The normalized spacial score (nSPS) is 11.8. The van der Waals surface area contributed by atoms with Gasteiger partial charge in [-0.05, 0) is 13.0 Å². The van der Waals surface area contributed by atoms with Crippen molar-refractivity contribution in [1.82, 2.24) is 24.7 Å². The lowest BCUT2D eigenvalue weighted by molar-refractivity contribution is 0.0431. The highest BCUT2D eigenvalue weighted by Gasteiger charge is 2.23. The molecule has 0 saturated carbocycles. The van der Waals surface area contributed by atoms with Gasteiger partial charge in [0.2, 0.25) is 0 Å². The van der Waals surface area contributed by atoms with Gasteiger partial charge in [-0.25, -0.2) is 14.3 Å². The van der Waals surface area contributed by atoms with E-state index in [0.717, 1.165) is 0 Å². The van der Waals surface area contributed by atoms with Gasteiger partial charge in [0.1, 0.15) is 5.56 Å². The molecule has 0 amide bonds. The number of aromatic nitrogens is 5. The van der Waals surface area contributed by atoms with Gasteiger partial charge in [-0.15, -0.1) is 0 Å². The zero-order chi connectivity index (χ0) is 16.6. The first kappa shape index (κ1) is 15.1. The highest BCUT2D eigenvalue weighted by Crippen LogP contribution is 2.19. The number of hydrogen-bond donors (Lipinski definition) is 0. The van der Waals surface area contributed by atoms with Gasteiger partial charge in [-0.3, -0.25) is 0 Å². The molecule has 0 unspecified atom stereocenters. The van der Waals surface area contributed by atoms with Gasteiger partial charge in [0.05, 0.1) is 5.69 Å². The first-order valence-corrected chi connectivity index (χ1v) is 7.16. The van der Waals surface area contributed by atoms with E-state index in [1.165, 1.54) is 4.52 Å². The summed E-state index contributed by atoms with van der Waals surface area (Å²) in [7, 11) is 0. The highest BCUT2D eigenvalue weighted by atomic mass is 16.6. The molecule has 3 heterocycles. The van der Waals surface area contributed by atoms with Crippen LogP contribution in [0.1, 0.15) is 48.5 Å². The lowest BCUT2D eigenvalue weighted by atomic mass is 9.96. The summed E-state index contributed by atoms with van der Waals surface area (Å²) in [5, 5.41) is 8.12. The summed E-state index contributed by atoms with van der Waals surface area (Å²) in [5.74, 6) is 0.300. The molecule has 120 valence electrons. The Morgan fingerprint density at radius 2 is 2.17 bits per heavy atom. The summed E-state index contributed by atoms with van der Waals surface area (Å²) in [5.41, 5.74) is 1.11. The van der Waals surface area contributed by atoms with Crippen LogP contribution in [0, 0.1) is 6.92 Å². The van der Waals surface area contributed by atoms with Crippen molar-refractivity contribution in [3.63, 3.8) is 0 Å². The standard InChI is InChI=1S/C15H17N5O3/c1-9-11(12-16-6-5-7-20(12)18-9)13(21)22-8-10-17-14(19-23-10)15(2,3)4/h5-7H,8H2,1-4H3. The molecular formula is C15H17N5O3. The van der Waals surface area contributed by atoms with Crippen LogP contribution in [-0.4, -0.2) is 30.7 Å². The Bertz CT molecular complexity index is 859. The van der Waals surface area contributed by atoms with Crippen LogP contribution in [0.5, 0.6) is 0 Å². The van der Waals surface area contributed by atoms with Crippen LogP contribution in [0.15, 0.2) is 23.0 Å². The van der Waals surface area contributed by atoms with Crippen LogP contribution in [0.4, 0.5) is 0 Å². The van der Waals surface area contributed by atoms with Crippen molar-refractivity contribution >= 4 is 11.6 Å². The third kappa shape index (κ3) is 2.92. The topological polar surface area (TPSA) is 95.4 Å². The van der Waals surface area contributed by atoms with E-state index in [9.17, 15) is 4.79 Å². The number of carbonyl (C=O) groups is 1. The maximum absolute atomic E-state index is 12.3. The minimum atomic E-state index is -0.522. The van der Waals surface area contributed by atoms with E-state index in [2.05, 4.69) is 20.2 Å². The summed E-state index contributed by atoms with van der Waals surface area (Å²) in [6, 6.07) is 1.74. The Hall–Kier alpha value is -2.77. The van der Waals surface area contributed by atoms with Crippen LogP contribution in [-0.2, 0) is 16.8 Å². The maximum Gasteiger partial charge on any atom is 0.344 e. The monoisotopic (exact) mass is 315 g/mol. The second-order valence-electron chi connectivity index (χ2n) is 6.19. The van der Waals surface area contributed by atoms with E-state index in [4.69, 9.17) is 9.26 Å². The summed E-state index contributed by atoms with van der Waals surface area (Å²) in [4.78, 5) is 20.7. The molecule has 0 N–H and O–H groups in total. The summed E-state index contributed by atoms with van der Waals surface area (Å²) in [6.45, 7) is 7.56. The smallest absolute Gasteiger partial charge is 0.344 e. The van der Waals surface area contributed by atoms with Gasteiger partial charge in [0, 0.05) is 17.8 Å². The number of hydrogen-bond acceptors (Lipinski definition) is 7. The number of ether oxygens (including phenoxy) is 1. The van der Waals surface area contributed by atoms with E-state index in [1.807, 2.05) is 20.8 Å². The van der Waals surface area contributed by atoms with E-state index in [1.54, 1.807) is 25.4 Å². The van der Waals surface area contributed by atoms with Crippen LogP contribution >= 0.6 is 0 Å². The Morgan fingerprint density at radius 3 is 2.87 bits per heavy atom. The quantitative estimate of drug-likeness (QED) is 0.683. The Labute approximate surface area is 132 Å². The molecule has 3 rings (SSSR count). The molecule has 0 aliphatic heterocycles. The Kier molecular flexibility index (Phi) is 3.59. The van der Waals surface area contributed by atoms with Crippen LogP contribution < -0.4 is 0 Å². The largest absolute Gasteiger partial charge is 0.452 e. The van der Waals surface area contributed by atoms with Crippen LogP contribution in [0.2, 0.25) is 0 Å². The summed E-state index contributed by atoms with van der Waals surface area (Å²) in [6.07, 6.45) is 3.32. The maximum atomic E-state index is 12.3. The van der Waals surface area contributed by atoms with Gasteiger partial charge in [0.15, 0.2) is 18.1 Å². The van der Waals surface area contributed by atoms with Crippen molar-refractivity contribution in [2.75, 3.05) is 0 Å². The fourth-order valence-corrected chi connectivity index (χ4v) is 2.05.